The Hall–Kier alpha value is -3.02. The maximum Gasteiger partial charge on any atom is 0.0449 e. The summed E-state index contributed by atoms with van der Waals surface area (Å²) in [5.41, 5.74) is 2.58. The van der Waals surface area contributed by atoms with Gasteiger partial charge in [-0.25, -0.2) is 0 Å². The SMILES string of the molecule is Cc1ccc(-c2ccc(-c3ccc4cc5cc(-c6ccc(-c7ccc(C)s7)s6)ccc5cc4c3)s2)s1. The molecule has 0 atom stereocenters. The van der Waals surface area contributed by atoms with Crippen molar-refractivity contribution < 1.29 is 0 Å². The van der Waals surface area contributed by atoms with Gasteiger partial charge < -0.3 is 0 Å². The van der Waals surface area contributed by atoms with Gasteiger partial charge in [0.05, 0.1) is 0 Å². The van der Waals surface area contributed by atoms with Crippen molar-refractivity contribution in [1.29, 1.82) is 0 Å². The van der Waals surface area contributed by atoms with E-state index in [1.165, 1.54) is 71.7 Å². The fraction of sp³-hybridized carbons (Fsp3) is 0.0625. The first-order valence-corrected chi connectivity index (χ1v) is 15.2. The minimum atomic E-state index is 1.29. The van der Waals surface area contributed by atoms with Crippen molar-refractivity contribution in [2.24, 2.45) is 0 Å². The number of aryl methyl sites for hydroxylation is 2. The Kier molecular flexibility index (Phi) is 5.44. The highest BCUT2D eigenvalue weighted by Crippen LogP contribution is 2.40. The molecule has 0 N–H and O–H groups in total. The zero-order valence-corrected chi connectivity index (χ0v) is 23.1. The van der Waals surface area contributed by atoms with Crippen LogP contribution in [0.1, 0.15) is 9.75 Å². The molecule has 0 unspecified atom stereocenters. The molecule has 0 saturated heterocycles. The molecule has 0 amide bonds. The first-order valence-electron chi connectivity index (χ1n) is 11.9. The van der Waals surface area contributed by atoms with Gasteiger partial charge in [0.15, 0.2) is 0 Å². The molecule has 174 valence electrons. The topological polar surface area (TPSA) is 0 Å². The lowest BCUT2D eigenvalue weighted by atomic mass is 9.99. The van der Waals surface area contributed by atoms with Crippen molar-refractivity contribution in [2.75, 3.05) is 0 Å². The Labute approximate surface area is 226 Å². The Balaban J connectivity index is 1.22. The van der Waals surface area contributed by atoms with Gasteiger partial charge >= 0.3 is 0 Å². The molecule has 0 saturated carbocycles. The van der Waals surface area contributed by atoms with E-state index in [-0.39, 0.29) is 0 Å². The van der Waals surface area contributed by atoms with Crippen LogP contribution in [0.25, 0.3) is 61.9 Å². The van der Waals surface area contributed by atoms with Crippen LogP contribution >= 0.6 is 45.3 Å². The predicted molar refractivity (Wildman–Crippen MR) is 164 cm³/mol. The molecular weight excluding hydrogens is 513 g/mol. The molecule has 0 radical (unpaired) electrons. The van der Waals surface area contributed by atoms with Gasteiger partial charge in [0.25, 0.3) is 0 Å². The predicted octanol–water partition coefficient (Wildman–Crippen LogP) is 11.5. The summed E-state index contributed by atoms with van der Waals surface area (Å²) in [6.45, 7) is 4.34. The lowest BCUT2D eigenvalue weighted by molar-refractivity contribution is 1.64. The number of hydrogen-bond donors (Lipinski definition) is 0. The van der Waals surface area contributed by atoms with E-state index in [9.17, 15) is 0 Å². The molecule has 0 bridgehead atoms. The number of fused-ring (bicyclic) bond motifs is 2. The van der Waals surface area contributed by atoms with E-state index in [0.717, 1.165) is 0 Å². The molecule has 4 heterocycles. The fourth-order valence-corrected chi connectivity index (χ4v) is 8.61. The second-order valence-corrected chi connectivity index (χ2v) is 13.9. The average Bonchev–Trinajstić information content (AvgIpc) is 3.69. The van der Waals surface area contributed by atoms with E-state index in [1.54, 1.807) is 0 Å². The summed E-state index contributed by atoms with van der Waals surface area (Å²) in [5, 5.41) is 5.16. The summed E-state index contributed by atoms with van der Waals surface area (Å²) < 4.78 is 0. The Morgan fingerprint density at radius 1 is 0.333 bits per heavy atom. The zero-order chi connectivity index (χ0) is 24.2. The first-order chi connectivity index (χ1) is 17.6. The van der Waals surface area contributed by atoms with Crippen molar-refractivity contribution in [1.82, 2.24) is 0 Å². The standard InChI is InChI=1S/C32H22S4/c1-19-3-9-29(33-19)31-13-11-27(35-31)23-7-5-21-16-26-18-24(8-6-22(26)15-25(21)17-23)28-12-14-32(36-28)30-10-4-20(2)34-30/h3-18H,1-2H3. The van der Waals surface area contributed by atoms with Crippen molar-refractivity contribution in [3.63, 3.8) is 0 Å². The number of rotatable bonds is 4. The molecule has 0 aliphatic rings. The normalized spacial score (nSPS) is 11.6. The molecule has 4 heteroatoms. The van der Waals surface area contributed by atoms with E-state index in [0.29, 0.717) is 0 Å². The molecule has 7 aromatic rings. The van der Waals surface area contributed by atoms with Crippen molar-refractivity contribution in [3.8, 4) is 40.4 Å². The lowest BCUT2D eigenvalue weighted by Crippen LogP contribution is -1.80. The van der Waals surface area contributed by atoms with Crippen molar-refractivity contribution in [3.05, 3.63) is 107 Å². The monoisotopic (exact) mass is 534 g/mol. The van der Waals surface area contributed by atoms with E-state index in [4.69, 9.17) is 0 Å². The van der Waals surface area contributed by atoms with Crippen LogP contribution in [-0.4, -0.2) is 0 Å². The molecule has 3 aromatic carbocycles. The van der Waals surface area contributed by atoms with Gasteiger partial charge in [-0.1, -0.05) is 24.3 Å². The van der Waals surface area contributed by atoms with Crippen LogP contribution in [0.2, 0.25) is 0 Å². The lowest BCUT2D eigenvalue weighted by Gasteiger charge is -2.07. The minimum Gasteiger partial charge on any atom is -0.140 e. The van der Waals surface area contributed by atoms with Crippen LogP contribution in [0.15, 0.2) is 97.1 Å². The second kappa shape index (κ2) is 8.82. The first kappa shape index (κ1) is 22.2. The van der Waals surface area contributed by atoms with Gasteiger partial charge in [0, 0.05) is 39.0 Å². The average molecular weight is 535 g/mol. The Morgan fingerprint density at radius 3 is 1.14 bits per heavy atom. The van der Waals surface area contributed by atoms with Gasteiger partial charge in [-0.2, -0.15) is 0 Å². The number of thiophene rings is 4. The molecule has 0 aliphatic carbocycles. The minimum absolute atomic E-state index is 1.29. The summed E-state index contributed by atoms with van der Waals surface area (Å²) >= 11 is 7.49. The van der Waals surface area contributed by atoms with Crippen LogP contribution in [0.3, 0.4) is 0 Å². The van der Waals surface area contributed by atoms with Crippen LogP contribution in [0.4, 0.5) is 0 Å². The summed E-state index contributed by atoms with van der Waals surface area (Å²) in [5.74, 6) is 0. The van der Waals surface area contributed by atoms with Crippen LogP contribution in [0.5, 0.6) is 0 Å². The van der Waals surface area contributed by atoms with Crippen molar-refractivity contribution in [2.45, 2.75) is 13.8 Å². The van der Waals surface area contributed by atoms with E-state index in [2.05, 4.69) is 111 Å². The summed E-state index contributed by atoms with van der Waals surface area (Å²) in [4.78, 5) is 10.8. The third kappa shape index (κ3) is 4.04. The smallest absolute Gasteiger partial charge is 0.0449 e. The fourth-order valence-electron chi connectivity index (χ4n) is 4.69. The summed E-state index contributed by atoms with van der Waals surface area (Å²) in [6, 6.07) is 36.3. The molecule has 0 fully saturated rings. The van der Waals surface area contributed by atoms with E-state index >= 15 is 0 Å². The molecule has 0 aliphatic heterocycles. The molecule has 4 aromatic heterocycles. The Bertz CT molecular complexity index is 1730. The summed E-state index contributed by atoms with van der Waals surface area (Å²) in [6.07, 6.45) is 0. The number of hydrogen-bond acceptors (Lipinski definition) is 4. The zero-order valence-electron chi connectivity index (χ0n) is 19.9. The van der Waals surface area contributed by atoms with Gasteiger partial charge in [-0.3, -0.25) is 0 Å². The van der Waals surface area contributed by atoms with Gasteiger partial charge in [-0.05, 0) is 119 Å². The van der Waals surface area contributed by atoms with Crippen molar-refractivity contribution >= 4 is 66.9 Å². The van der Waals surface area contributed by atoms with E-state index in [1.807, 2.05) is 45.3 Å². The number of benzene rings is 3. The highest BCUT2D eigenvalue weighted by atomic mass is 32.1. The highest BCUT2D eigenvalue weighted by molar-refractivity contribution is 7.24. The van der Waals surface area contributed by atoms with Crippen LogP contribution in [0, 0.1) is 13.8 Å². The van der Waals surface area contributed by atoms with E-state index < -0.39 is 0 Å². The maximum atomic E-state index is 2.34. The van der Waals surface area contributed by atoms with Crippen LogP contribution in [-0.2, 0) is 0 Å². The van der Waals surface area contributed by atoms with Gasteiger partial charge in [-0.15, -0.1) is 45.3 Å². The molecule has 7 rings (SSSR count). The summed E-state index contributed by atoms with van der Waals surface area (Å²) in [7, 11) is 0. The molecule has 0 nitrogen and oxygen atoms in total. The van der Waals surface area contributed by atoms with Gasteiger partial charge in [0.2, 0.25) is 0 Å². The maximum absolute atomic E-state index is 2.34. The van der Waals surface area contributed by atoms with Crippen LogP contribution < -0.4 is 0 Å². The second-order valence-electron chi connectivity index (χ2n) is 9.12. The largest absolute Gasteiger partial charge is 0.140 e. The quantitative estimate of drug-likeness (QED) is 0.197. The highest BCUT2D eigenvalue weighted by Gasteiger charge is 2.10. The third-order valence-corrected chi connectivity index (χ3v) is 11.2. The Morgan fingerprint density at radius 2 is 0.722 bits per heavy atom. The third-order valence-electron chi connectivity index (χ3n) is 6.54. The molecule has 36 heavy (non-hydrogen) atoms. The molecular formula is C32H22S4. The van der Waals surface area contributed by atoms with Gasteiger partial charge in [0.1, 0.15) is 0 Å². The molecule has 0 spiro atoms.